The second-order valence-electron chi connectivity index (χ2n) is 1.73. The Balaban J connectivity index is 3.18. The maximum Gasteiger partial charge on any atom is 0.338 e. The number of rotatable bonds is 0. The summed E-state index contributed by atoms with van der Waals surface area (Å²) in [7, 11) is -9.28. The molecule has 1 aliphatic rings. The van der Waals surface area contributed by atoms with Crippen LogP contribution in [-0.2, 0) is 28.6 Å². The average Bonchev–Trinajstić information content (AvgIpc) is 1.80. The summed E-state index contributed by atoms with van der Waals surface area (Å²) < 4.78 is 58.9. The smallest absolute Gasteiger partial charge is 0.204 e. The van der Waals surface area contributed by atoms with Crippen LogP contribution >= 0.6 is 11.6 Å². The lowest BCUT2D eigenvalue weighted by Crippen LogP contribution is -2.38. The Bertz CT molecular complexity index is 334. The van der Waals surface area contributed by atoms with Crippen molar-refractivity contribution < 1.29 is 29.6 Å². The van der Waals surface area contributed by atoms with Gasteiger partial charge in [-0.25, -0.2) is 8.37 Å². The van der Waals surface area contributed by atoms with Gasteiger partial charge in [-0.15, -0.1) is 0 Å². The van der Waals surface area contributed by atoms with Gasteiger partial charge < -0.3 is 0 Å². The molecule has 0 N–H and O–H groups in total. The Kier molecular flexibility index (Phi) is 2.34. The second-order valence-corrected chi connectivity index (χ2v) is 6.28. The molecule has 1 aliphatic heterocycles. The first-order valence-electron chi connectivity index (χ1n) is 2.38. The molecule has 10 heteroatoms. The summed E-state index contributed by atoms with van der Waals surface area (Å²) >= 11 is 4.87. The molecule has 1 fully saturated rings. The minimum absolute atomic E-state index is 2.42. The highest BCUT2D eigenvalue weighted by molar-refractivity contribution is 8.07. The fraction of sp³-hybridized carbons (Fsp3) is 1.00. The average molecular weight is 241 g/mol. The van der Waals surface area contributed by atoms with Crippen LogP contribution in [0.5, 0.6) is 0 Å². The van der Waals surface area contributed by atoms with Gasteiger partial charge in [0.2, 0.25) is 0 Å². The van der Waals surface area contributed by atoms with Gasteiger partial charge >= 0.3 is 26.8 Å². The molecule has 0 aromatic carbocycles. The lowest BCUT2D eigenvalue weighted by Gasteiger charge is -2.19. The third-order valence-corrected chi connectivity index (χ3v) is 5.34. The van der Waals surface area contributed by atoms with Crippen molar-refractivity contribution in [2.75, 3.05) is 0 Å². The van der Waals surface area contributed by atoms with E-state index in [1.165, 1.54) is 0 Å². The molecule has 0 bridgehead atoms. The van der Waals surface area contributed by atoms with Crippen molar-refractivity contribution >= 4 is 31.8 Å². The van der Waals surface area contributed by atoms with Crippen LogP contribution in [0.2, 0.25) is 0 Å². The van der Waals surface area contributed by atoms with Gasteiger partial charge in [-0.05, 0) is 0 Å². The Labute approximate surface area is 72.5 Å². The molecule has 0 aliphatic carbocycles. The molecule has 12 heavy (non-hydrogen) atoms. The first-order valence-corrected chi connectivity index (χ1v) is 5.76. The molecule has 0 unspecified atom stereocenters. The normalized spacial score (nSPS) is 39.2. The first kappa shape index (κ1) is 10.1. The zero-order chi connectivity index (χ0) is 9.57. The molecule has 72 valence electrons. The van der Waals surface area contributed by atoms with Gasteiger partial charge in [0.15, 0.2) is 0 Å². The van der Waals surface area contributed by atoms with Gasteiger partial charge in [0.1, 0.15) is 0 Å². The van der Waals surface area contributed by atoms with E-state index in [1.54, 1.807) is 0 Å². The maximum atomic E-state index is 12.1. The lowest BCUT2D eigenvalue weighted by atomic mass is 11.4. The van der Waals surface area contributed by atoms with Crippen LogP contribution in [0, 0.1) is 0 Å². The number of halogens is 2. The summed E-state index contributed by atoms with van der Waals surface area (Å²) in [5.74, 6) is 0. The molecule has 0 saturated carbocycles. The van der Waals surface area contributed by atoms with Crippen molar-refractivity contribution in [1.29, 1.82) is 0 Å². The summed E-state index contributed by atoms with van der Waals surface area (Å²) in [5, 5.41) is 0. The molecule has 6 nitrogen and oxygen atoms in total. The number of hydrogen-bond donors (Lipinski definition) is 0. The van der Waals surface area contributed by atoms with Crippen LogP contribution in [0.15, 0.2) is 0 Å². The van der Waals surface area contributed by atoms with Crippen molar-refractivity contribution in [1.82, 2.24) is 0 Å². The molecule has 0 spiro atoms. The van der Waals surface area contributed by atoms with Gasteiger partial charge in [0.25, 0.3) is 4.04 Å². The lowest BCUT2D eigenvalue weighted by molar-refractivity contribution is -0.0943. The van der Waals surface area contributed by atoms with Gasteiger partial charge in [-0.3, -0.25) is 0 Å². The zero-order valence-electron chi connectivity index (χ0n) is 5.18. The van der Waals surface area contributed by atoms with Crippen LogP contribution in [0.1, 0.15) is 0 Å². The Morgan fingerprint density at radius 3 is 1.75 bits per heavy atom. The van der Waals surface area contributed by atoms with Gasteiger partial charge in [0, 0.05) is 0 Å². The van der Waals surface area contributed by atoms with Crippen molar-refractivity contribution in [3.05, 3.63) is 0 Å². The SMILES string of the molecule is O=S1(=O)OC(F)OS(=O)(=O)C1Cl. The van der Waals surface area contributed by atoms with Crippen molar-refractivity contribution in [2.24, 2.45) is 0 Å². The summed E-state index contributed by atoms with van der Waals surface area (Å²) in [6.07, 6.45) is 0. The Morgan fingerprint density at radius 2 is 1.42 bits per heavy atom. The topological polar surface area (TPSA) is 86.7 Å². The Morgan fingerprint density at radius 1 is 1.08 bits per heavy atom. The van der Waals surface area contributed by atoms with Crippen LogP contribution in [0.25, 0.3) is 0 Å². The van der Waals surface area contributed by atoms with Crippen molar-refractivity contribution in [3.63, 3.8) is 0 Å². The van der Waals surface area contributed by atoms with E-state index in [0.717, 1.165) is 0 Å². The van der Waals surface area contributed by atoms with Gasteiger partial charge in [-0.1, -0.05) is 11.6 Å². The minimum atomic E-state index is -4.64. The summed E-state index contributed by atoms with van der Waals surface area (Å²) in [6, 6.07) is 0. The molecule has 0 aromatic rings. The minimum Gasteiger partial charge on any atom is -0.204 e. The molecular weight excluding hydrogens is 239 g/mol. The van der Waals surface area contributed by atoms with E-state index in [2.05, 4.69) is 8.37 Å². The summed E-state index contributed by atoms with van der Waals surface area (Å²) in [5.41, 5.74) is 0. The largest absolute Gasteiger partial charge is 0.338 e. The quantitative estimate of drug-likeness (QED) is 0.418. The first-order chi connectivity index (χ1) is 5.26. The predicted molar refractivity (Wildman–Crippen MR) is 34.5 cm³/mol. The van der Waals surface area contributed by atoms with E-state index >= 15 is 0 Å². The van der Waals surface area contributed by atoms with Crippen LogP contribution < -0.4 is 0 Å². The van der Waals surface area contributed by atoms with E-state index in [4.69, 9.17) is 11.6 Å². The van der Waals surface area contributed by atoms with Crippen molar-refractivity contribution in [3.8, 4) is 0 Å². The summed E-state index contributed by atoms with van der Waals surface area (Å²) in [4.78, 5) is 0. The summed E-state index contributed by atoms with van der Waals surface area (Å²) in [6.45, 7) is -2.85. The van der Waals surface area contributed by atoms with E-state index < -0.39 is 30.8 Å². The fourth-order valence-corrected chi connectivity index (χ4v) is 2.86. The van der Waals surface area contributed by atoms with E-state index in [0.29, 0.717) is 0 Å². The van der Waals surface area contributed by atoms with E-state index in [1.807, 2.05) is 0 Å². The van der Waals surface area contributed by atoms with Crippen LogP contribution in [0.4, 0.5) is 4.39 Å². The second kappa shape index (κ2) is 2.77. The Hall–Kier alpha value is 0.0400. The van der Waals surface area contributed by atoms with Crippen molar-refractivity contribution in [2.45, 2.75) is 10.6 Å². The molecule has 0 radical (unpaired) electrons. The van der Waals surface area contributed by atoms with E-state index in [-0.39, 0.29) is 0 Å². The highest BCUT2D eigenvalue weighted by Crippen LogP contribution is 2.26. The number of hydrogen-bond acceptors (Lipinski definition) is 6. The van der Waals surface area contributed by atoms with E-state index in [9.17, 15) is 21.2 Å². The fourth-order valence-electron chi connectivity index (χ4n) is 0.459. The number of alkyl halides is 2. The van der Waals surface area contributed by atoms with Crippen LogP contribution in [0.3, 0.4) is 0 Å². The predicted octanol–water partition coefficient (Wildman–Crippen LogP) is -0.532. The standard InChI is InChI=1S/C2H2ClFO6S2/c3-1-11(5,6)9-2(4)10-12(1,7)8/h1-2H. The highest BCUT2D eigenvalue weighted by Gasteiger charge is 2.47. The molecule has 0 atom stereocenters. The zero-order valence-corrected chi connectivity index (χ0v) is 7.57. The molecule has 0 amide bonds. The van der Waals surface area contributed by atoms with Gasteiger partial charge in [-0.2, -0.15) is 21.2 Å². The third kappa shape index (κ3) is 1.69. The molecule has 0 aromatic heterocycles. The monoisotopic (exact) mass is 240 g/mol. The molecule has 1 heterocycles. The van der Waals surface area contributed by atoms with Crippen LogP contribution in [-0.4, -0.2) is 27.4 Å². The maximum absolute atomic E-state index is 12.1. The highest BCUT2D eigenvalue weighted by atomic mass is 35.5. The van der Waals surface area contributed by atoms with Gasteiger partial charge in [0.05, 0.1) is 0 Å². The molecule has 1 rings (SSSR count). The molecule has 1 saturated heterocycles. The third-order valence-electron chi connectivity index (χ3n) is 0.873. The molecular formula is C2H2ClFO6S2.